The molecule has 5 heteroatoms. The maximum atomic E-state index is 12.2. The van der Waals surface area contributed by atoms with Crippen molar-refractivity contribution in [3.8, 4) is 0 Å². The first-order chi connectivity index (χ1) is 8.03. The molecule has 1 fully saturated rings. The van der Waals surface area contributed by atoms with Gasteiger partial charge in [-0.05, 0) is 32.4 Å². The minimum absolute atomic E-state index is 0.155. The number of rotatable bonds is 6. The largest absolute Gasteiger partial charge is 0.390 e. The highest BCUT2D eigenvalue weighted by Crippen LogP contribution is 2.23. The standard InChI is InChI=1S/C12H23F3N2/c1-2-7-16-10-11-5-3-4-8-17(11)9-6-12(13,14)15/h11,16H,2-10H2,1H3. The zero-order valence-corrected chi connectivity index (χ0v) is 10.5. The zero-order valence-electron chi connectivity index (χ0n) is 10.5. The van der Waals surface area contributed by atoms with E-state index in [1.165, 1.54) is 0 Å². The van der Waals surface area contributed by atoms with Crippen LogP contribution in [0, 0.1) is 0 Å². The van der Waals surface area contributed by atoms with Crippen LogP contribution in [0.3, 0.4) is 0 Å². The second-order valence-corrected chi connectivity index (χ2v) is 4.75. The van der Waals surface area contributed by atoms with Gasteiger partial charge in [0.2, 0.25) is 0 Å². The van der Waals surface area contributed by atoms with Gasteiger partial charge in [-0.2, -0.15) is 13.2 Å². The normalized spacial score (nSPS) is 22.9. The maximum absolute atomic E-state index is 12.2. The summed E-state index contributed by atoms with van der Waals surface area (Å²) in [4.78, 5) is 2.00. The van der Waals surface area contributed by atoms with Crippen LogP contribution >= 0.6 is 0 Å². The summed E-state index contributed by atoms with van der Waals surface area (Å²) in [5.74, 6) is 0. The Morgan fingerprint density at radius 1 is 1.29 bits per heavy atom. The van der Waals surface area contributed by atoms with Crippen molar-refractivity contribution >= 4 is 0 Å². The van der Waals surface area contributed by atoms with E-state index in [1.54, 1.807) is 0 Å². The molecule has 1 atom stereocenters. The Labute approximate surface area is 102 Å². The first kappa shape index (κ1) is 14.8. The van der Waals surface area contributed by atoms with Gasteiger partial charge in [-0.25, -0.2) is 0 Å². The number of hydrogen-bond donors (Lipinski definition) is 1. The highest BCUT2D eigenvalue weighted by atomic mass is 19.4. The molecule has 0 aromatic rings. The number of piperidine rings is 1. The van der Waals surface area contributed by atoms with Gasteiger partial charge in [-0.15, -0.1) is 0 Å². The van der Waals surface area contributed by atoms with Gasteiger partial charge in [0, 0.05) is 19.1 Å². The first-order valence-electron chi connectivity index (χ1n) is 6.54. The third-order valence-corrected chi connectivity index (χ3v) is 3.24. The topological polar surface area (TPSA) is 15.3 Å². The van der Waals surface area contributed by atoms with E-state index in [4.69, 9.17) is 0 Å². The lowest BCUT2D eigenvalue weighted by Crippen LogP contribution is -2.46. The van der Waals surface area contributed by atoms with Gasteiger partial charge in [0.05, 0.1) is 6.42 Å². The Balaban J connectivity index is 2.31. The van der Waals surface area contributed by atoms with E-state index in [0.29, 0.717) is 0 Å². The lowest BCUT2D eigenvalue weighted by atomic mass is 10.0. The summed E-state index contributed by atoms with van der Waals surface area (Å²) in [5.41, 5.74) is 0. The third-order valence-electron chi connectivity index (χ3n) is 3.24. The van der Waals surface area contributed by atoms with Crippen LogP contribution in [0.4, 0.5) is 13.2 Å². The monoisotopic (exact) mass is 252 g/mol. The predicted molar refractivity (Wildman–Crippen MR) is 63.0 cm³/mol. The van der Waals surface area contributed by atoms with Gasteiger partial charge >= 0.3 is 6.18 Å². The number of hydrogen-bond acceptors (Lipinski definition) is 2. The minimum Gasteiger partial charge on any atom is -0.315 e. The summed E-state index contributed by atoms with van der Waals surface area (Å²) >= 11 is 0. The van der Waals surface area contributed by atoms with Crippen LogP contribution in [-0.2, 0) is 0 Å². The number of nitrogens with zero attached hydrogens (tertiary/aromatic N) is 1. The van der Waals surface area contributed by atoms with E-state index in [1.807, 2.05) is 4.90 Å². The highest BCUT2D eigenvalue weighted by molar-refractivity contribution is 4.79. The smallest absolute Gasteiger partial charge is 0.315 e. The molecular formula is C12H23F3N2. The zero-order chi connectivity index (χ0) is 12.7. The fourth-order valence-electron chi connectivity index (χ4n) is 2.30. The van der Waals surface area contributed by atoms with Crippen LogP contribution in [0.25, 0.3) is 0 Å². The van der Waals surface area contributed by atoms with Crippen molar-refractivity contribution in [2.75, 3.05) is 26.2 Å². The molecule has 1 N–H and O–H groups in total. The van der Waals surface area contributed by atoms with Crippen LogP contribution < -0.4 is 5.32 Å². The molecule has 0 aliphatic carbocycles. The Bertz CT molecular complexity index is 206. The molecule has 0 aromatic carbocycles. The number of halogens is 3. The molecular weight excluding hydrogens is 229 g/mol. The molecule has 1 heterocycles. The molecule has 0 radical (unpaired) electrons. The summed E-state index contributed by atoms with van der Waals surface area (Å²) < 4.78 is 36.6. The van der Waals surface area contributed by atoms with Gasteiger partial charge in [-0.3, -0.25) is 4.90 Å². The molecule has 2 nitrogen and oxygen atoms in total. The molecule has 1 aliphatic heterocycles. The summed E-state index contributed by atoms with van der Waals surface area (Å²) in [6.45, 7) is 4.83. The SMILES string of the molecule is CCCNCC1CCCCN1CCC(F)(F)F. The van der Waals surface area contributed by atoms with Crippen molar-refractivity contribution in [3.63, 3.8) is 0 Å². The van der Waals surface area contributed by atoms with E-state index in [2.05, 4.69) is 12.2 Å². The molecule has 0 saturated carbocycles. The molecule has 0 aromatic heterocycles. The van der Waals surface area contributed by atoms with Crippen molar-refractivity contribution in [1.29, 1.82) is 0 Å². The summed E-state index contributed by atoms with van der Waals surface area (Å²) in [6.07, 6.45) is -0.455. The second kappa shape index (κ2) is 7.21. The molecule has 1 unspecified atom stereocenters. The highest BCUT2D eigenvalue weighted by Gasteiger charge is 2.30. The molecule has 1 aliphatic rings. The molecule has 17 heavy (non-hydrogen) atoms. The fourth-order valence-corrected chi connectivity index (χ4v) is 2.30. The molecule has 0 bridgehead atoms. The minimum atomic E-state index is -4.03. The van der Waals surface area contributed by atoms with Crippen molar-refractivity contribution in [2.45, 2.75) is 51.2 Å². The second-order valence-electron chi connectivity index (χ2n) is 4.75. The molecule has 1 rings (SSSR count). The van der Waals surface area contributed by atoms with E-state index >= 15 is 0 Å². The van der Waals surface area contributed by atoms with Crippen LogP contribution in [0.1, 0.15) is 39.0 Å². The van der Waals surface area contributed by atoms with Crippen LogP contribution in [0.2, 0.25) is 0 Å². The van der Waals surface area contributed by atoms with Gasteiger partial charge in [0.15, 0.2) is 0 Å². The molecule has 0 amide bonds. The van der Waals surface area contributed by atoms with Crippen molar-refractivity contribution < 1.29 is 13.2 Å². The Hall–Kier alpha value is -0.290. The quantitative estimate of drug-likeness (QED) is 0.731. The van der Waals surface area contributed by atoms with Crippen molar-refractivity contribution in [2.24, 2.45) is 0 Å². The summed E-state index contributed by atoms with van der Waals surface area (Å²) in [6, 6.07) is 0.289. The lowest BCUT2D eigenvalue weighted by Gasteiger charge is -2.36. The van der Waals surface area contributed by atoms with E-state index in [0.717, 1.165) is 45.3 Å². The lowest BCUT2D eigenvalue weighted by molar-refractivity contribution is -0.139. The summed E-state index contributed by atoms with van der Waals surface area (Å²) in [7, 11) is 0. The average molecular weight is 252 g/mol. The van der Waals surface area contributed by atoms with Gasteiger partial charge in [-0.1, -0.05) is 13.3 Å². The van der Waals surface area contributed by atoms with E-state index in [9.17, 15) is 13.2 Å². The Kier molecular flexibility index (Phi) is 6.27. The fraction of sp³-hybridized carbons (Fsp3) is 1.00. The first-order valence-corrected chi connectivity index (χ1v) is 6.54. The van der Waals surface area contributed by atoms with Gasteiger partial charge < -0.3 is 5.32 Å². The van der Waals surface area contributed by atoms with Crippen LogP contribution in [0.15, 0.2) is 0 Å². The van der Waals surface area contributed by atoms with E-state index < -0.39 is 12.6 Å². The van der Waals surface area contributed by atoms with Crippen LogP contribution in [0.5, 0.6) is 0 Å². The van der Waals surface area contributed by atoms with Crippen molar-refractivity contribution in [3.05, 3.63) is 0 Å². The van der Waals surface area contributed by atoms with Crippen molar-refractivity contribution in [1.82, 2.24) is 10.2 Å². The Morgan fingerprint density at radius 3 is 2.71 bits per heavy atom. The summed E-state index contributed by atoms with van der Waals surface area (Å²) in [5, 5.41) is 3.31. The predicted octanol–water partition coefficient (Wildman–Crippen LogP) is 2.79. The van der Waals surface area contributed by atoms with Gasteiger partial charge in [0.1, 0.15) is 0 Å². The van der Waals surface area contributed by atoms with Gasteiger partial charge in [0.25, 0.3) is 0 Å². The molecule has 102 valence electrons. The average Bonchev–Trinajstić information content (AvgIpc) is 2.27. The third kappa shape index (κ3) is 6.27. The maximum Gasteiger partial charge on any atom is 0.390 e. The molecule has 1 saturated heterocycles. The van der Waals surface area contributed by atoms with Crippen LogP contribution in [-0.4, -0.2) is 43.3 Å². The number of likely N-dealkylation sites (tertiary alicyclic amines) is 1. The molecule has 0 spiro atoms. The van der Waals surface area contributed by atoms with E-state index in [-0.39, 0.29) is 12.6 Å². The number of alkyl halides is 3. The Morgan fingerprint density at radius 2 is 2.06 bits per heavy atom. The number of nitrogens with one attached hydrogen (secondary N) is 1.